The van der Waals surface area contributed by atoms with Gasteiger partial charge in [-0.05, 0) is 12.1 Å². The van der Waals surface area contributed by atoms with Gasteiger partial charge in [0.2, 0.25) is 5.76 Å². The SMILES string of the molecule is COc1ccc(NC(=O)c2cnc(C)o2)c(OC)c1. The summed E-state index contributed by atoms with van der Waals surface area (Å²) in [7, 11) is 3.08. The maximum Gasteiger partial charge on any atom is 0.293 e. The van der Waals surface area contributed by atoms with E-state index >= 15 is 0 Å². The fourth-order valence-corrected chi connectivity index (χ4v) is 1.55. The fraction of sp³-hybridized carbons (Fsp3) is 0.231. The molecular formula is C13H14N2O4. The normalized spacial score (nSPS) is 10.1. The molecule has 0 aliphatic carbocycles. The molecule has 6 nitrogen and oxygen atoms in total. The molecule has 19 heavy (non-hydrogen) atoms. The number of oxazole rings is 1. The molecule has 0 atom stereocenters. The van der Waals surface area contributed by atoms with E-state index < -0.39 is 0 Å². The molecule has 0 unspecified atom stereocenters. The Morgan fingerprint density at radius 2 is 2.11 bits per heavy atom. The van der Waals surface area contributed by atoms with Crippen molar-refractivity contribution in [3.63, 3.8) is 0 Å². The first kappa shape index (κ1) is 12.9. The molecule has 6 heteroatoms. The lowest BCUT2D eigenvalue weighted by atomic mass is 10.2. The largest absolute Gasteiger partial charge is 0.497 e. The quantitative estimate of drug-likeness (QED) is 0.914. The number of nitrogens with zero attached hydrogens (tertiary/aromatic N) is 1. The molecule has 0 fully saturated rings. The first-order valence-electron chi connectivity index (χ1n) is 5.60. The molecular weight excluding hydrogens is 248 g/mol. The van der Waals surface area contributed by atoms with Gasteiger partial charge in [-0.1, -0.05) is 0 Å². The van der Waals surface area contributed by atoms with Crippen molar-refractivity contribution in [2.75, 3.05) is 19.5 Å². The number of nitrogens with one attached hydrogen (secondary N) is 1. The number of anilines is 1. The van der Waals surface area contributed by atoms with Gasteiger partial charge in [-0.15, -0.1) is 0 Å². The number of amides is 1. The van der Waals surface area contributed by atoms with E-state index in [4.69, 9.17) is 13.9 Å². The summed E-state index contributed by atoms with van der Waals surface area (Å²) in [6.07, 6.45) is 1.38. The number of hydrogen-bond donors (Lipinski definition) is 1. The van der Waals surface area contributed by atoms with E-state index in [0.29, 0.717) is 23.1 Å². The summed E-state index contributed by atoms with van der Waals surface area (Å²) < 4.78 is 15.4. The number of aryl methyl sites for hydroxylation is 1. The summed E-state index contributed by atoms with van der Waals surface area (Å²) in [5.41, 5.74) is 0.530. The van der Waals surface area contributed by atoms with Gasteiger partial charge in [0, 0.05) is 13.0 Å². The summed E-state index contributed by atoms with van der Waals surface area (Å²) in [5, 5.41) is 2.69. The van der Waals surface area contributed by atoms with Gasteiger partial charge in [0.15, 0.2) is 5.89 Å². The third-order valence-electron chi connectivity index (χ3n) is 2.50. The van der Waals surface area contributed by atoms with Gasteiger partial charge in [0.25, 0.3) is 5.91 Å². The molecule has 100 valence electrons. The number of carbonyl (C=O) groups excluding carboxylic acids is 1. The first-order valence-corrected chi connectivity index (χ1v) is 5.60. The topological polar surface area (TPSA) is 73.6 Å². The summed E-state index contributed by atoms with van der Waals surface area (Å²) in [5.74, 6) is 1.35. The van der Waals surface area contributed by atoms with Crippen molar-refractivity contribution >= 4 is 11.6 Å². The van der Waals surface area contributed by atoms with Gasteiger partial charge >= 0.3 is 0 Å². The molecule has 0 aliphatic heterocycles. The maximum atomic E-state index is 11.9. The smallest absolute Gasteiger partial charge is 0.293 e. The number of rotatable bonds is 4. The number of carbonyl (C=O) groups is 1. The van der Waals surface area contributed by atoms with Crippen LogP contribution in [0, 0.1) is 6.92 Å². The Bertz CT molecular complexity index is 592. The lowest BCUT2D eigenvalue weighted by molar-refractivity contribution is 0.0995. The zero-order valence-electron chi connectivity index (χ0n) is 10.9. The Morgan fingerprint density at radius 3 is 2.68 bits per heavy atom. The van der Waals surface area contributed by atoms with Gasteiger partial charge in [0.1, 0.15) is 11.5 Å². The Kier molecular flexibility index (Phi) is 3.70. The van der Waals surface area contributed by atoms with Crippen LogP contribution in [0.1, 0.15) is 16.4 Å². The molecule has 1 amide bonds. The Morgan fingerprint density at radius 1 is 1.32 bits per heavy atom. The van der Waals surface area contributed by atoms with Crippen molar-refractivity contribution in [1.82, 2.24) is 4.98 Å². The van der Waals surface area contributed by atoms with Crippen molar-refractivity contribution in [1.29, 1.82) is 0 Å². The number of hydrogen-bond acceptors (Lipinski definition) is 5. The highest BCUT2D eigenvalue weighted by molar-refractivity contribution is 6.02. The predicted octanol–water partition coefficient (Wildman–Crippen LogP) is 2.25. The van der Waals surface area contributed by atoms with Crippen LogP contribution in [0.25, 0.3) is 0 Å². The van der Waals surface area contributed by atoms with E-state index in [1.807, 2.05) is 0 Å². The highest BCUT2D eigenvalue weighted by Crippen LogP contribution is 2.29. The Labute approximate surface area is 110 Å². The van der Waals surface area contributed by atoms with Crippen LogP contribution in [0.15, 0.2) is 28.8 Å². The molecule has 2 aromatic rings. The summed E-state index contributed by atoms with van der Waals surface area (Å²) in [4.78, 5) is 15.8. The average Bonchev–Trinajstić information content (AvgIpc) is 2.86. The van der Waals surface area contributed by atoms with E-state index in [-0.39, 0.29) is 11.7 Å². The van der Waals surface area contributed by atoms with Crippen LogP contribution in [0.5, 0.6) is 11.5 Å². The van der Waals surface area contributed by atoms with Crippen LogP contribution in [0.4, 0.5) is 5.69 Å². The molecule has 0 spiro atoms. The lowest BCUT2D eigenvalue weighted by Crippen LogP contribution is -2.11. The maximum absolute atomic E-state index is 11.9. The second-order valence-electron chi connectivity index (χ2n) is 3.76. The van der Waals surface area contributed by atoms with E-state index in [1.54, 1.807) is 32.2 Å². The summed E-state index contributed by atoms with van der Waals surface area (Å²) in [6.45, 7) is 1.67. The van der Waals surface area contributed by atoms with E-state index in [9.17, 15) is 4.79 Å². The number of ether oxygens (including phenoxy) is 2. The van der Waals surface area contributed by atoms with Gasteiger partial charge in [-0.3, -0.25) is 4.79 Å². The predicted molar refractivity (Wildman–Crippen MR) is 68.7 cm³/mol. The molecule has 1 aromatic heterocycles. The van der Waals surface area contributed by atoms with Crippen molar-refractivity contribution < 1.29 is 18.7 Å². The van der Waals surface area contributed by atoms with E-state index in [2.05, 4.69) is 10.3 Å². The third-order valence-corrected chi connectivity index (χ3v) is 2.50. The number of methoxy groups -OCH3 is 2. The van der Waals surface area contributed by atoms with Crippen LogP contribution < -0.4 is 14.8 Å². The van der Waals surface area contributed by atoms with Gasteiger partial charge in [0.05, 0.1) is 26.1 Å². The Hall–Kier alpha value is -2.50. The minimum absolute atomic E-state index is 0.148. The number of benzene rings is 1. The molecule has 0 saturated heterocycles. The molecule has 1 aromatic carbocycles. The minimum atomic E-state index is -0.385. The minimum Gasteiger partial charge on any atom is -0.497 e. The number of aromatic nitrogens is 1. The fourth-order valence-electron chi connectivity index (χ4n) is 1.55. The van der Waals surface area contributed by atoms with Crippen molar-refractivity contribution in [3.05, 3.63) is 36.0 Å². The Balaban J connectivity index is 2.21. The lowest BCUT2D eigenvalue weighted by Gasteiger charge is -2.10. The van der Waals surface area contributed by atoms with Crippen LogP contribution >= 0.6 is 0 Å². The summed E-state index contributed by atoms with van der Waals surface area (Å²) in [6, 6.07) is 5.10. The first-order chi connectivity index (χ1) is 9.13. The molecule has 0 radical (unpaired) electrons. The van der Waals surface area contributed by atoms with E-state index in [1.165, 1.54) is 13.3 Å². The van der Waals surface area contributed by atoms with E-state index in [0.717, 1.165) is 0 Å². The standard InChI is InChI=1S/C13H14N2O4/c1-8-14-7-12(19-8)13(16)15-10-5-4-9(17-2)6-11(10)18-3/h4-7H,1-3H3,(H,15,16). The molecule has 2 rings (SSSR count). The van der Waals surface area contributed by atoms with Crippen LogP contribution in [0.3, 0.4) is 0 Å². The second-order valence-corrected chi connectivity index (χ2v) is 3.76. The molecule has 0 bridgehead atoms. The molecule has 1 heterocycles. The van der Waals surface area contributed by atoms with Gasteiger partial charge in [-0.2, -0.15) is 0 Å². The summed E-state index contributed by atoms with van der Waals surface area (Å²) >= 11 is 0. The molecule has 1 N–H and O–H groups in total. The van der Waals surface area contributed by atoms with Crippen LogP contribution in [-0.4, -0.2) is 25.1 Å². The monoisotopic (exact) mass is 262 g/mol. The zero-order valence-corrected chi connectivity index (χ0v) is 10.9. The van der Waals surface area contributed by atoms with Crippen molar-refractivity contribution in [2.24, 2.45) is 0 Å². The van der Waals surface area contributed by atoms with Crippen molar-refractivity contribution in [2.45, 2.75) is 6.92 Å². The molecule has 0 aliphatic rings. The second kappa shape index (κ2) is 5.43. The van der Waals surface area contributed by atoms with Crippen LogP contribution in [-0.2, 0) is 0 Å². The third kappa shape index (κ3) is 2.85. The van der Waals surface area contributed by atoms with Crippen molar-refractivity contribution in [3.8, 4) is 11.5 Å². The average molecular weight is 262 g/mol. The van der Waals surface area contributed by atoms with Gasteiger partial charge < -0.3 is 19.2 Å². The molecule has 0 saturated carbocycles. The highest BCUT2D eigenvalue weighted by Gasteiger charge is 2.14. The highest BCUT2D eigenvalue weighted by atomic mass is 16.5. The van der Waals surface area contributed by atoms with Crippen LogP contribution in [0.2, 0.25) is 0 Å². The van der Waals surface area contributed by atoms with Gasteiger partial charge in [-0.25, -0.2) is 4.98 Å². The zero-order chi connectivity index (χ0) is 13.8.